The molecule has 3 N–H and O–H groups in total. The molecule has 2 aromatic heterocycles. The van der Waals surface area contributed by atoms with Gasteiger partial charge in [0, 0.05) is 28.7 Å². The Hall–Kier alpha value is -4.98. The molecule has 0 spiro atoms. The number of pyridine rings is 1. The van der Waals surface area contributed by atoms with Gasteiger partial charge in [0.15, 0.2) is 16.6 Å². The fourth-order valence-electron chi connectivity index (χ4n) is 4.19. The largest absolute Gasteiger partial charge is 0.494 e. The second-order valence-electron chi connectivity index (χ2n) is 8.71. The molecule has 43 heavy (non-hydrogen) atoms. The first-order valence-electron chi connectivity index (χ1n) is 12.9. The first kappa shape index (κ1) is 31.0. The van der Waals surface area contributed by atoms with Gasteiger partial charge < -0.3 is 30.0 Å². The number of hydrogen-bond donors (Lipinski definition) is 2. The lowest BCUT2D eigenvalue weighted by molar-refractivity contribution is -0.115. The van der Waals surface area contributed by atoms with E-state index in [1.165, 1.54) is 44.4 Å². The van der Waals surface area contributed by atoms with Gasteiger partial charge in [0.25, 0.3) is 0 Å². The monoisotopic (exact) mass is 616 g/mol. The lowest BCUT2D eigenvalue weighted by Gasteiger charge is -2.17. The molecule has 4 aromatic rings. The summed E-state index contributed by atoms with van der Waals surface area (Å²) in [5.74, 6) is 1.84. The number of aromatic nitrogens is 2. The Bertz CT molecular complexity index is 1680. The van der Waals surface area contributed by atoms with Gasteiger partial charge in [-0.1, -0.05) is 0 Å². The molecular formula is C30H28N6O5S2. The maximum atomic E-state index is 12.7. The lowest BCUT2D eigenvalue weighted by Crippen LogP contribution is -2.12. The lowest BCUT2D eigenvalue weighted by atomic mass is 9.96. The Kier molecular flexibility index (Phi) is 10.3. The molecule has 0 saturated heterocycles. The SMILES string of the molecule is CCOc1ccc(-c2csc(NC(=O)CCSc3nc(N)c(C#N)c(-c4cc(OC)c(OC)c(OC)c4)c3C#N)n2)cc1. The molecule has 2 heterocycles. The van der Waals surface area contributed by atoms with E-state index in [0.717, 1.165) is 17.0 Å². The number of nitriles is 2. The van der Waals surface area contributed by atoms with E-state index in [1.54, 1.807) is 12.1 Å². The number of amides is 1. The average molecular weight is 617 g/mol. The molecule has 11 nitrogen and oxygen atoms in total. The highest BCUT2D eigenvalue weighted by Gasteiger charge is 2.24. The summed E-state index contributed by atoms with van der Waals surface area (Å²) in [6.07, 6.45) is 0.120. The Morgan fingerprint density at radius 1 is 1.00 bits per heavy atom. The summed E-state index contributed by atoms with van der Waals surface area (Å²) >= 11 is 2.51. The van der Waals surface area contributed by atoms with Crippen LogP contribution in [0.3, 0.4) is 0 Å². The Morgan fingerprint density at radius 2 is 1.67 bits per heavy atom. The number of hydrogen-bond acceptors (Lipinski definition) is 12. The third-order valence-electron chi connectivity index (χ3n) is 6.15. The normalized spacial score (nSPS) is 10.4. The molecule has 0 bridgehead atoms. The predicted molar refractivity (Wildman–Crippen MR) is 166 cm³/mol. The van der Waals surface area contributed by atoms with E-state index in [0.29, 0.717) is 45.3 Å². The molecule has 0 fully saturated rings. The molecule has 4 rings (SSSR count). The number of methoxy groups -OCH3 is 3. The smallest absolute Gasteiger partial charge is 0.226 e. The van der Waals surface area contributed by atoms with Crippen LogP contribution in [0, 0.1) is 22.7 Å². The molecule has 0 aliphatic rings. The van der Waals surface area contributed by atoms with E-state index >= 15 is 0 Å². The summed E-state index contributed by atoms with van der Waals surface area (Å²) in [7, 11) is 4.42. The first-order chi connectivity index (χ1) is 20.9. The second-order valence-corrected chi connectivity index (χ2v) is 10.6. The van der Waals surface area contributed by atoms with E-state index in [2.05, 4.69) is 27.4 Å². The van der Waals surface area contributed by atoms with Crippen LogP contribution in [-0.2, 0) is 4.79 Å². The number of nitrogen functional groups attached to an aromatic ring is 1. The van der Waals surface area contributed by atoms with Gasteiger partial charge >= 0.3 is 0 Å². The van der Waals surface area contributed by atoms with Crippen molar-refractivity contribution in [2.24, 2.45) is 0 Å². The number of carbonyl (C=O) groups is 1. The van der Waals surface area contributed by atoms with Crippen LogP contribution in [0.5, 0.6) is 23.0 Å². The van der Waals surface area contributed by atoms with Crippen LogP contribution in [0.1, 0.15) is 24.5 Å². The van der Waals surface area contributed by atoms with Crippen LogP contribution in [-0.4, -0.2) is 49.6 Å². The number of anilines is 2. The Morgan fingerprint density at radius 3 is 2.26 bits per heavy atom. The summed E-state index contributed by atoms with van der Waals surface area (Å²) in [6, 6.07) is 15.1. The molecule has 0 aliphatic carbocycles. The van der Waals surface area contributed by atoms with Crippen molar-refractivity contribution in [3.63, 3.8) is 0 Å². The van der Waals surface area contributed by atoms with E-state index in [-0.39, 0.29) is 34.8 Å². The van der Waals surface area contributed by atoms with Crippen molar-refractivity contribution in [2.75, 3.05) is 44.7 Å². The molecule has 2 aromatic carbocycles. The van der Waals surface area contributed by atoms with E-state index in [1.807, 2.05) is 36.6 Å². The zero-order valence-electron chi connectivity index (χ0n) is 23.9. The number of benzene rings is 2. The summed E-state index contributed by atoms with van der Waals surface area (Å²) < 4.78 is 21.8. The van der Waals surface area contributed by atoms with Gasteiger partial charge in [-0.2, -0.15) is 10.5 Å². The van der Waals surface area contributed by atoms with Crippen LogP contribution < -0.4 is 30.0 Å². The van der Waals surface area contributed by atoms with Crippen LogP contribution >= 0.6 is 23.1 Å². The van der Waals surface area contributed by atoms with Crippen LogP contribution in [0.4, 0.5) is 10.9 Å². The third kappa shape index (κ3) is 6.92. The van der Waals surface area contributed by atoms with E-state index < -0.39 is 0 Å². The number of thiazole rings is 1. The van der Waals surface area contributed by atoms with Crippen molar-refractivity contribution >= 4 is 40.0 Å². The minimum Gasteiger partial charge on any atom is -0.494 e. The number of nitrogens with two attached hydrogens (primary N) is 1. The second kappa shape index (κ2) is 14.3. The van der Waals surface area contributed by atoms with Crippen molar-refractivity contribution in [1.82, 2.24) is 9.97 Å². The van der Waals surface area contributed by atoms with E-state index in [4.69, 9.17) is 24.7 Å². The highest BCUT2D eigenvalue weighted by molar-refractivity contribution is 7.99. The average Bonchev–Trinajstić information content (AvgIpc) is 3.48. The highest BCUT2D eigenvalue weighted by Crippen LogP contribution is 2.44. The molecule has 13 heteroatoms. The van der Waals surface area contributed by atoms with Crippen LogP contribution in [0.25, 0.3) is 22.4 Å². The molecule has 0 atom stereocenters. The number of carbonyl (C=O) groups excluding carboxylic acids is 1. The molecule has 1 amide bonds. The third-order valence-corrected chi connectivity index (χ3v) is 7.88. The number of nitrogens with zero attached hydrogens (tertiary/aromatic N) is 4. The topological polar surface area (TPSA) is 165 Å². The van der Waals surface area contributed by atoms with Gasteiger partial charge in [0.1, 0.15) is 34.3 Å². The number of thioether (sulfide) groups is 1. The van der Waals surface area contributed by atoms with E-state index in [9.17, 15) is 15.3 Å². The summed E-state index contributed by atoms with van der Waals surface area (Å²) in [6.45, 7) is 2.51. The van der Waals surface area contributed by atoms with Gasteiger partial charge in [-0.3, -0.25) is 4.79 Å². The zero-order valence-corrected chi connectivity index (χ0v) is 25.5. The molecule has 0 unspecified atom stereocenters. The maximum absolute atomic E-state index is 12.7. The van der Waals surface area contributed by atoms with Crippen molar-refractivity contribution in [3.05, 3.63) is 52.9 Å². The fourth-order valence-corrected chi connectivity index (χ4v) is 5.86. The Labute approximate surface area is 257 Å². The van der Waals surface area contributed by atoms with Crippen molar-refractivity contribution < 1.29 is 23.7 Å². The van der Waals surface area contributed by atoms with Gasteiger partial charge in [-0.15, -0.1) is 23.1 Å². The minimum absolute atomic E-state index is 0.0400. The van der Waals surface area contributed by atoms with Gasteiger partial charge in [-0.05, 0) is 48.9 Å². The van der Waals surface area contributed by atoms with Gasteiger partial charge in [0.2, 0.25) is 11.7 Å². The van der Waals surface area contributed by atoms with Gasteiger partial charge in [-0.25, -0.2) is 9.97 Å². The summed E-state index contributed by atoms with van der Waals surface area (Å²) in [4.78, 5) is 21.5. The number of rotatable bonds is 12. The molecule has 220 valence electrons. The minimum atomic E-state index is -0.245. The van der Waals surface area contributed by atoms with Crippen LogP contribution in [0.15, 0.2) is 46.8 Å². The van der Waals surface area contributed by atoms with Gasteiger partial charge in [0.05, 0.1) is 39.2 Å². The summed E-state index contributed by atoms with van der Waals surface area (Å²) in [5.41, 5.74) is 8.75. The quantitative estimate of drug-likeness (QED) is 0.186. The highest BCUT2D eigenvalue weighted by atomic mass is 32.2. The van der Waals surface area contributed by atoms with Crippen molar-refractivity contribution in [2.45, 2.75) is 18.4 Å². The Balaban J connectivity index is 1.51. The molecular weight excluding hydrogens is 589 g/mol. The number of ether oxygens (including phenoxy) is 4. The van der Waals surface area contributed by atoms with Crippen LogP contribution in [0.2, 0.25) is 0 Å². The fraction of sp³-hybridized carbons (Fsp3) is 0.233. The van der Waals surface area contributed by atoms with Crippen molar-refractivity contribution in [3.8, 4) is 57.5 Å². The molecule has 0 aliphatic heterocycles. The predicted octanol–water partition coefficient (Wildman–Crippen LogP) is 5.74. The maximum Gasteiger partial charge on any atom is 0.226 e. The molecule has 0 radical (unpaired) electrons. The van der Waals surface area contributed by atoms with Crippen molar-refractivity contribution in [1.29, 1.82) is 10.5 Å². The summed E-state index contributed by atoms with van der Waals surface area (Å²) in [5, 5.41) is 25.5. The molecule has 0 saturated carbocycles. The zero-order chi connectivity index (χ0) is 30.9. The number of nitrogens with one attached hydrogen (secondary N) is 1. The standard InChI is InChI=1S/C30H28N6O5S2/c1-5-41-19-8-6-17(7-9-19)22-16-43-30(34-22)35-25(37)10-11-42-29-21(15-32)26(20(14-31)28(33)36-29)18-12-23(38-2)27(40-4)24(13-18)39-3/h6-9,12-13,16H,5,10-11H2,1-4H3,(H2,33,36)(H,34,35,37). The first-order valence-corrected chi connectivity index (χ1v) is 14.8.